The topological polar surface area (TPSA) is 36.9 Å². The third kappa shape index (κ3) is 28.5. The summed E-state index contributed by atoms with van der Waals surface area (Å²) >= 11 is 20.2. The predicted octanol–water partition coefficient (Wildman–Crippen LogP) is 6.20. The Bertz CT molecular complexity index is 380. The van der Waals surface area contributed by atoms with Gasteiger partial charge in [-0.3, -0.25) is 0 Å². The minimum absolute atomic E-state index is 0. The molecule has 0 aliphatic rings. The van der Waals surface area contributed by atoms with Crippen molar-refractivity contribution in [2.75, 3.05) is 26.4 Å². The fourth-order valence-corrected chi connectivity index (χ4v) is 4.57. The van der Waals surface area contributed by atoms with Crippen LogP contribution in [0, 0.1) is 23.7 Å². The van der Waals surface area contributed by atoms with Crippen molar-refractivity contribution in [3.63, 3.8) is 0 Å². The summed E-state index contributed by atoms with van der Waals surface area (Å²) in [5.74, 6) is 1.81. The van der Waals surface area contributed by atoms with Crippen molar-refractivity contribution in [3.8, 4) is 0 Å². The van der Waals surface area contributed by atoms with Crippen LogP contribution in [0.5, 0.6) is 0 Å². The Balaban J connectivity index is -0.000000411. The zero-order valence-electron chi connectivity index (χ0n) is 18.0. The fourth-order valence-electron chi connectivity index (χ4n) is 1.04. The van der Waals surface area contributed by atoms with Crippen LogP contribution in [0.3, 0.4) is 0 Å². The van der Waals surface area contributed by atoms with Crippen molar-refractivity contribution < 1.29 is 37.6 Å². The summed E-state index contributed by atoms with van der Waals surface area (Å²) < 4.78 is 21.4. The Labute approximate surface area is 201 Å². The summed E-state index contributed by atoms with van der Waals surface area (Å²) in [4.78, 5) is 0. The molecule has 0 aromatic rings. The van der Waals surface area contributed by atoms with E-state index >= 15 is 0 Å². The molecule has 0 spiro atoms. The summed E-state index contributed by atoms with van der Waals surface area (Å²) in [5, 5.41) is 0. The molecular formula is C16H36O4P2S4Zn. The Morgan fingerprint density at radius 2 is 0.704 bits per heavy atom. The zero-order chi connectivity index (χ0) is 21.0. The second-order valence-electron chi connectivity index (χ2n) is 7.65. The Kier molecular flexibility index (Phi) is 22.8. The molecule has 0 amide bonds. The second kappa shape index (κ2) is 18.1. The van der Waals surface area contributed by atoms with Crippen LogP contribution in [0.4, 0.5) is 0 Å². The molecule has 0 unspecified atom stereocenters. The summed E-state index contributed by atoms with van der Waals surface area (Å²) in [6.45, 7) is 18.9. The van der Waals surface area contributed by atoms with Crippen LogP contribution in [-0.2, 0) is 85.7 Å². The van der Waals surface area contributed by atoms with Crippen LogP contribution in [0.2, 0.25) is 0 Å². The summed E-state index contributed by atoms with van der Waals surface area (Å²) in [5.41, 5.74) is -4.77. The maximum Gasteiger partial charge on any atom is 2.00 e. The first-order valence-corrected chi connectivity index (χ1v) is 16.2. The van der Waals surface area contributed by atoms with Crippen LogP contribution in [-0.4, -0.2) is 26.4 Å². The Morgan fingerprint density at radius 1 is 0.556 bits per heavy atom. The van der Waals surface area contributed by atoms with Crippen molar-refractivity contribution in [2.24, 2.45) is 23.7 Å². The number of hydrogen-bond acceptors (Lipinski definition) is 8. The van der Waals surface area contributed by atoms with Gasteiger partial charge in [0, 0.05) is 0 Å². The van der Waals surface area contributed by atoms with E-state index in [1.807, 2.05) is 0 Å². The first-order valence-electron chi connectivity index (χ1n) is 8.87. The normalized spacial score (nSPS) is 12.4. The molecule has 0 aromatic heterocycles. The van der Waals surface area contributed by atoms with E-state index in [2.05, 4.69) is 55.4 Å². The van der Waals surface area contributed by atoms with Crippen LogP contribution in [0.15, 0.2) is 0 Å². The van der Waals surface area contributed by atoms with Gasteiger partial charge < -0.3 is 42.6 Å². The molecule has 0 aliphatic heterocycles. The molecule has 0 heterocycles. The maximum absolute atomic E-state index is 5.36. The van der Waals surface area contributed by atoms with E-state index in [0.717, 1.165) is 0 Å². The van der Waals surface area contributed by atoms with E-state index in [0.29, 0.717) is 50.1 Å². The van der Waals surface area contributed by atoms with Crippen LogP contribution in [0.1, 0.15) is 55.4 Å². The number of rotatable bonds is 12. The van der Waals surface area contributed by atoms with E-state index < -0.39 is 11.4 Å². The van der Waals surface area contributed by atoms with E-state index in [4.69, 9.17) is 66.2 Å². The monoisotopic (exact) mass is 546 g/mol. The predicted molar refractivity (Wildman–Crippen MR) is 126 cm³/mol. The smallest absolute Gasteiger partial charge is 0.691 e. The van der Waals surface area contributed by atoms with Crippen LogP contribution < -0.4 is 0 Å². The Hall–Kier alpha value is 2.46. The van der Waals surface area contributed by atoms with Gasteiger partial charge in [-0.1, -0.05) is 79.0 Å². The molecule has 0 bridgehead atoms. The number of hydrogen-bond donors (Lipinski definition) is 0. The first kappa shape index (κ1) is 34.1. The standard InChI is InChI=1S/2C8H19O2PS2.Zn/c2*1-7(2)5-9-11(12,13)10-6-8(3)4;/h2*7-8H,5-6H2,1-4H3,(H,12,13);/q;;+2/p-2. The molecule has 0 N–H and O–H groups in total. The average molecular weight is 548 g/mol. The van der Waals surface area contributed by atoms with Crippen LogP contribution >= 0.6 is 11.4 Å². The molecule has 27 heavy (non-hydrogen) atoms. The summed E-state index contributed by atoms with van der Waals surface area (Å²) in [6.07, 6.45) is 0. The molecule has 0 fully saturated rings. The van der Waals surface area contributed by atoms with Gasteiger partial charge in [-0.2, -0.15) is 0 Å². The largest absolute Gasteiger partial charge is 2.00 e. The van der Waals surface area contributed by atoms with Gasteiger partial charge in [0.05, 0.1) is 37.8 Å². The molecule has 0 aliphatic carbocycles. The van der Waals surface area contributed by atoms with Gasteiger partial charge in [0.1, 0.15) is 0 Å². The molecule has 0 saturated carbocycles. The van der Waals surface area contributed by atoms with E-state index in [1.165, 1.54) is 0 Å². The minimum atomic E-state index is -2.38. The fraction of sp³-hybridized carbons (Fsp3) is 1.00. The van der Waals surface area contributed by atoms with Crippen molar-refractivity contribution in [1.82, 2.24) is 0 Å². The summed E-state index contributed by atoms with van der Waals surface area (Å²) in [7, 11) is 0. The van der Waals surface area contributed by atoms with Gasteiger partial charge in [0.15, 0.2) is 0 Å². The SMILES string of the molecule is CC(C)COP(=S)([S-])OCC(C)C.CC(C)COP(=S)([S-])OCC(C)C.[Zn+2]. The maximum atomic E-state index is 5.36. The average Bonchev–Trinajstić information content (AvgIpc) is 2.48. The third-order valence-electron chi connectivity index (χ3n) is 2.26. The third-order valence-corrected chi connectivity index (χ3v) is 6.65. The minimum Gasteiger partial charge on any atom is -0.691 e. The van der Waals surface area contributed by atoms with Crippen molar-refractivity contribution in [3.05, 3.63) is 0 Å². The van der Waals surface area contributed by atoms with Crippen molar-refractivity contribution >= 4 is 59.5 Å². The summed E-state index contributed by atoms with van der Waals surface area (Å²) in [6, 6.07) is 0. The van der Waals surface area contributed by atoms with Gasteiger partial charge in [0.2, 0.25) is 0 Å². The van der Waals surface area contributed by atoms with E-state index in [1.54, 1.807) is 0 Å². The molecule has 0 saturated heterocycles. The van der Waals surface area contributed by atoms with Gasteiger partial charge in [-0.25, -0.2) is 0 Å². The first-order chi connectivity index (χ1) is 11.7. The van der Waals surface area contributed by atoms with Gasteiger partial charge in [-0.15, -0.1) is 0 Å². The van der Waals surface area contributed by atoms with E-state index in [9.17, 15) is 0 Å². The molecule has 4 nitrogen and oxygen atoms in total. The second-order valence-corrected chi connectivity index (χ2v) is 17.6. The van der Waals surface area contributed by atoms with Crippen LogP contribution in [0.25, 0.3) is 0 Å². The zero-order valence-corrected chi connectivity index (χ0v) is 26.0. The van der Waals surface area contributed by atoms with E-state index in [-0.39, 0.29) is 19.5 Å². The van der Waals surface area contributed by atoms with Gasteiger partial charge in [-0.05, 0) is 23.7 Å². The molecular weight excluding hydrogens is 512 g/mol. The molecule has 11 heteroatoms. The molecule has 0 radical (unpaired) electrons. The Morgan fingerprint density at radius 3 is 0.815 bits per heavy atom. The molecule has 160 valence electrons. The molecule has 0 aromatic carbocycles. The van der Waals surface area contributed by atoms with Gasteiger partial charge >= 0.3 is 19.5 Å². The van der Waals surface area contributed by atoms with Crippen molar-refractivity contribution in [1.29, 1.82) is 0 Å². The molecule has 0 rings (SSSR count). The van der Waals surface area contributed by atoms with Gasteiger partial charge in [0.25, 0.3) is 0 Å². The molecule has 0 atom stereocenters. The van der Waals surface area contributed by atoms with Crippen molar-refractivity contribution in [2.45, 2.75) is 55.4 Å². The quantitative estimate of drug-likeness (QED) is 0.162.